The Morgan fingerprint density at radius 2 is 2.00 bits per heavy atom. The summed E-state index contributed by atoms with van der Waals surface area (Å²) in [5.41, 5.74) is 0.461. The first-order valence-electron chi connectivity index (χ1n) is 5.29. The molecule has 1 amide bonds. The minimum atomic E-state index is -0.152. The van der Waals surface area contributed by atoms with Crippen molar-refractivity contribution in [2.75, 3.05) is 7.05 Å². The Hall–Kier alpha value is -2.17. The van der Waals surface area contributed by atoms with Gasteiger partial charge in [0.1, 0.15) is 0 Å². The highest BCUT2D eigenvalue weighted by Gasteiger charge is 2.10. The molecular weight excluding hydrogens is 218 g/mol. The third-order valence-corrected chi connectivity index (χ3v) is 2.64. The third kappa shape index (κ3) is 2.04. The number of nitrogens with one attached hydrogen (secondary N) is 1. The molecule has 1 aromatic carbocycles. The monoisotopic (exact) mass is 231 g/mol. The fourth-order valence-electron chi connectivity index (χ4n) is 1.75. The summed E-state index contributed by atoms with van der Waals surface area (Å²) < 4.78 is 1.26. The van der Waals surface area contributed by atoms with Crippen molar-refractivity contribution in [1.29, 1.82) is 0 Å². The van der Waals surface area contributed by atoms with Gasteiger partial charge in [0, 0.05) is 19.5 Å². The lowest BCUT2D eigenvalue weighted by Gasteiger charge is -2.07. The molecule has 0 aliphatic rings. The maximum absolute atomic E-state index is 11.8. The summed E-state index contributed by atoms with van der Waals surface area (Å²) in [4.78, 5) is 23.2. The lowest BCUT2D eigenvalue weighted by atomic mass is 10.1. The Bertz CT molecular complexity index is 631. The molecule has 0 fully saturated rings. The highest BCUT2D eigenvalue weighted by Crippen LogP contribution is 2.13. The minimum absolute atomic E-state index is 0.124. The molecule has 0 radical (unpaired) electrons. The van der Waals surface area contributed by atoms with Gasteiger partial charge in [0.05, 0.1) is 17.5 Å². The second-order valence-electron chi connectivity index (χ2n) is 3.77. The molecule has 0 saturated carbocycles. The molecular formula is C12H13N3O2. The van der Waals surface area contributed by atoms with Gasteiger partial charge >= 0.3 is 0 Å². The predicted octanol–water partition coefficient (Wildman–Crippen LogP) is 0.222. The number of fused-ring (bicyclic) bond motifs is 1. The smallest absolute Gasteiger partial charge is 0.274 e. The topological polar surface area (TPSA) is 64.0 Å². The third-order valence-electron chi connectivity index (χ3n) is 2.64. The summed E-state index contributed by atoms with van der Waals surface area (Å²) >= 11 is 0. The minimum Gasteiger partial charge on any atom is -0.359 e. The van der Waals surface area contributed by atoms with Crippen LogP contribution in [0.4, 0.5) is 0 Å². The van der Waals surface area contributed by atoms with Crippen LogP contribution in [0.15, 0.2) is 29.1 Å². The molecule has 1 aromatic heterocycles. The number of likely N-dealkylation sites (N-methyl/N-ethyl adjacent to an activating group) is 1. The number of nitrogens with zero attached hydrogens (tertiary/aromatic N) is 2. The van der Waals surface area contributed by atoms with E-state index in [0.29, 0.717) is 11.1 Å². The van der Waals surface area contributed by atoms with Crippen LogP contribution in [0.2, 0.25) is 0 Å². The van der Waals surface area contributed by atoms with E-state index in [2.05, 4.69) is 10.4 Å². The fraction of sp³-hybridized carbons (Fsp3) is 0.250. The van der Waals surface area contributed by atoms with Crippen LogP contribution in [0.25, 0.3) is 10.8 Å². The zero-order valence-electron chi connectivity index (χ0n) is 9.73. The van der Waals surface area contributed by atoms with Gasteiger partial charge in [-0.1, -0.05) is 18.2 Å². The van der Waals surface area contributed by atoms with E-state index < -0.39 is 0 Å². The molecule has 0 saturated heterocycles. The summed E-state index contributed by atoms with van der Waals surface area (Å²) in [6.45, 7) is 0. The molecule has 2 aromatic rings. The molecule has 1 heterocycles. The maximum atomic E-state index is 11.8. The number of benzene rings is 1. The van der Waals surface area contributed by atoms with Crippen molar-refractivity contribution >= 4 is 16.7 Å². The van der Waals surface area contributed by atoms with Gasteiger partial charge < -0.3 is 5.32 Å². The number of hydrogen-bond acceptors (Lipinski definition) is 3. The lowest BCUT2D eigenvalue weighted by molar-refractivity contribution is -0.120. The number of aromatic nitrogens is 2. The van der Waals surface area contributed by atoms with Crippen molar-refractivity contribution in [3.05, 3.63) is 40.3 Å². The molecule has 0 spiro atoms. The summed E-state index contributed by atoms with van der Waals surface area (Å²) in [6, 6.07) is 7.18. The first-order valence-corrected chi connectivity index (χ1v) is 5.29. The van der Waals surface area contributed by atoms with Gasteiger partial charge in [0.2, 0.25) is 5.91 Å². The van der Waals surface area contributed by atoms with E-state index in [-0.39, 0.29) is 17.9 Å². The maximum Gasteiger partial charge on any atom is 0.274 e. The van der Waals surface area contributed by atoms with E-state index in [1.54, 1.807) is 26.2 Å². The van der Waals surface area contributed by atoms with E-state index >= 15 is 0 Å². The molecule has 0 aliphatic heterocycles. The van der Waals surface area contributed by atoms with E-state index in [4.69, 9.17) is 0 Å². The molecule has 5 heteroatoms. The average Bonchev–Trinajstić information content (AvgIpc) is 2.35. The first-order chi connectivity index (χ1) is 8.13. The number of amides is 1. The number of rotatable bonds is 2. The second kappa shape index (κ2) is 4.37. The molecule has 0 aliphatic carbocycles. The zero-order valence-corrected chi connectivity index (χ0v) is 9.73. The van der Waals surface area contributed by atoms with E-state index in [9.17, 15) is 9.59 Å². The Balaban J connectivity index is 2.67. The average molecular weight is 231 g/mol. The van der Waals surface area contributed by atoms with Gasteiger partial charge in [-0.25, -0.2) is 4.68 Å². The van der Waals surface area contributed by atoms with Gasteiger partial charge in [-0.05, 0) is 6.07 Å². The van der Waals surface area contributed by atoms with E-state index in [1.165, 1.54) is 4.68 Å². The molecule has 88 valence electrons. The second-order valence-corrected chi connectivity index (χ2v) is 3.77. The van der Waals surface area contributed by atoms with Crippen LogP contribution in [-0.4, -0.2) is 22.7 Å². The van der Waals surface area contributed by atoms with Gasteiger partial charge in [0.25, 0.3) is 5.56 Å². The zero-order chi connectivity index (χ0) is 12.4. The molecule has 0 unspecified atom stereocenters. The summed E-state index contributed by atoms with van der Waals surface area (Å²) in [7, 11) is 3.16. The fourth-order valence-corrected chi connectivity index (χ4v) is 1.75. The van der Waals surface area contributed by atoms with Gasteiger partial charge in [-0.2, -0.15) is 5.10 Å². The van der Waals surface area contributed by atoms with Crippen molar-refractivity contribution < 1.29 is 4.79 Å². The lowest BCUT2D eigenvalue weighted by Crippen LogP contribution is -2.25. The Kier molecular flexibility index (Phi) is 2.91. The standard InChI is InChI=1S/C12H13N3O2/c1-13-11(16)7-10-8-5-3-4-6-9(8)12(17)15(2)14-10/h3-6H,7H2,1-2H3,(H,13,16). The van der Waals surface area contributed by atoms with Crippen LogP contribution in [0.1, 0.15) is 5.69 Å². The molecule has 0 bridgehead atoms. The molecule has 17 heavy (non-hydrogen) atoms. The van der Waals surface area contributed by atoms with Gasteiger partial charge in [-0.15, -0.1) is 0 Å². The molecule has 5 nitrogen and oxygen atoms in total. The highest BCUT2D eigenvalue weighted by atomic mass is 16.1. The van der Waals surface area contributed by atoms with Crippen LogP contribution in [-0.2, 0) is 18.3 Å². The number of carbonyl (C=O) groups is 1. The number of aryl methyl sites for hydroxylation is 1. The van der Waals surface area contributed by atoms with Crippen LogP contribution in [0.3, 0.4) is 0 Å². The molecule has 1 N–H and O–H groups in total. The van der Waals surface area contributed by atoms with Gasteiger partial charge in [0.15, 0.2) is 0 Å². The summed E-state index contributed by atoms with van der Waals surface area (Å²) in [5.74, 6) is -0.124. The van der Waals surface area contributed by atoms with Crippen LogP contribution in [0.5, 0.6) is 0 Å². The van der Waals surface area contributed by atoms with Crippen LogP contribution in [0, 0.1) is 0 Å². The van der Waals surface area contributed by atoms with Crippen molar-refractivity contribution in [2.45, 2.75) is 6.42 Å². The van der Waals surface area contributed by atoms with E-state index in [1.807, 2.05) is 12.1 Å². The number of hydrogen-bond donors (Lipinski definition) is 1. The normalized spacial score (nSPS) is 10.5. The van der Waals surface area contributed by atoms with Gasteiger partial charge in [-0.3, -0.25) is 9.59 Å². The van der Waals surface area contributed by atoms with Crippen LogP contribution >= 0.6 is 0 Å². The highest BCUT2D eigenvalue weighted by molar-refractivity contribution is 5.88. The molecule has 0 atom stereocenters. The van der Waals surface area contributed by atoms with Crippen molar-refractivity contribution in [1.82, 2.24) is 15.1 Å². The van der Waals surface area contributed by atoms with Crippen molar-refractivity contribution in [3.8, 4) is 0 Å². The summed E-state index contributed by atoms with van der Waals surface area (Å²) in [6.07, 6.45) is 0.172. The summed E-state index contributed by atoms with van der Waals surface area (Å²) in [5, 5.41) is 8.00. The largest absolute Gasteiger partial charge is 0.359 e. The SMILES string of the molecule is CNC(=O)Cc1nn(C)c(=O)c2ccccc12. The van der Waals surface area contributed by atoms with E-state index in [0.717, 1.165) is 5.39 Å². The number of carbonyl (C=O) groups excluding carboxylic acids is 1. The Labute approximate surface area is 98.1 Å². The van der Waals surface area contributed by atoms with Crippen molar-refractivity contribution in [2.24, 2.45) is 7.05 Å². The molecule has 2 rings (SSSR count). The Morgan fingerprint density at radius 1 is 1.35 bits per heavy atom. The first kappa shape index (κ1) is 11.3. The predicted molar refractivity (Wildman–Crippen MR) is 64.8 cm³/mol. The quantitative estimate of drug-likeness (QED) is 0.804. The van der Waals surface area contributed by atoms with Crippen LogP contribution < -0.4 is 10.9 Å². The Morgan fingerprint density at radius 3 is 2.65 bits per heavy atom. The van der Waals surface area contributed by atoms with Crippen molar-refractivity contribution in [3.63, 3.8) is 0 Å².